The molecule has 21 heavy (non-hydrogen) atoms. The second-order valence-electron chi connectivity index (χ2n) is 5.84. The van der Waals surface area contributed by atoms with Crippen LogP contribution in [0.5, 0.6) is 0 Å². The van der Waals surface area contributed by atoms with Crippen LogP contribution in [0.4, 0.5) is 5.69 Å². The van der Waals surface area contributed by atoms with Gasteiger partial charge in [0, 0.05) is 5.69 Å². The van der Waals surface area contributed by atoms with Gasteiger partial charge in [-0.2, -0.15) is 0 Å². The van der Waals surface area contributed by atoms with Crippen molar-refractivity contribution in [3.8, 4) is 0 Å². The van der Waals surface area contributed by atoms with Crippen molar-refractivity contribution in [1.82, 2.24) is 15.2 Å². The number of H-pyrrole nitrogens is 1. The zero-order chi connectivity index (χ0) is 15.5. The lowest BCUT2D eigenvalue weighted by Crippen LogP contribution is -2.19. The Labute approximate surface area is 128 Å². The Kier molecular flexibility index (Phi) is 4.67. The lowest BCUT2D eigenvalue weighted by molar-refractivity contribution is -0.113. The smallest absolute Gasteiger partial charge is 0.234 e. The van der Waals surface area contributed by atoms with Crippen molar-refractivity contribution in [2.75, 3.05) is 11.1 Å². The number of hydrogen-bond donors (Lipinski definition) is 2. The van der Waals surface area contributed by atoms with E-state index in [0.717, 1.165) is 17.1 Å². The molecule has 2 aromatic rings. The average molecular weight is 304 g/mol. The summed E-state index contributed by atoms with van der Waals surface area (Å²) in [5.74, 6) is 0.977. The summed E-state index contributed by atoms with van der Waals surface area (Å²) in [4.78, 5) is 16.2. The summed E-state index contributed by atoms with van der Waals surface area (Å²) < 4.78 is 0. The molecule has 0 unspecified atom stereocenters. The van der Waals surface area contributed by atoms with E-state index < -0.39 is 0 Å². The first-order valence-electron chi connectivity index (χ1n) is 6.77. The average Bonchev–Trinajstić information content (AvgIpc) is 2.82. The molecule has 0 bridgehead atoms. The zero-order valence-corrected chi connectivity index (χ0v) is 13.5. The summed E-state index contributed by atoms with van der Waals surface area (Å²) >= 11 is 1.32. The fourth-order valence-corrected chi connectivity index (χ4v) is 2.59. The van der Waals surface area contributed by atoms with E-state index in [9.17, 15) is 4.79 Å². The van der Waals surface area contributed by atoms with Gasteiger partial charge >= 0.3 is 0 Å². The van der Waals surface area contributed by atoms with Crippen molar-refractivity contribution < 1.29 is 4.79 Å². The van der Waals surface area contributed by atoms with E-state index in [1.54, 1.807) is 0 Å². The second-order valence-corrected chi connectivity index (χ2v) is 6.78. The molecule has 0 aliphatic heterocycles. The number of benzene rings is 1. The van der Waals surface area contributed by atoms with Crippen LogP contribution < -0.4 is 5.32 Å². The fourth-order valence-electron chi connectivity index (χ4n) is 1.95. The van der Waals surface area contributed by atoms with Gasteiger partial charge in [-0.15, -0.1) is 5.10 Å². The summed E-state index contributed by atoms with van der Waals surface area (Å²) in [6.07, 6.45) is 0. The van der Waals surface area contributed by atoms with Crippen LogP contribution in [0.15, 0.2) is 29.4 Å². The van der Waals surface area contributed by atoms with Gasteiger partial charge in [0.25, 0.3) is 0 Å². The molecule has 112 valence electrons. The third kappa shape index (κ3) is 4.32. The van der Waals surface area contributed by atoms with Crippen molar-refractivity contribution in [1.29, 1.82) is 0 Å². The summed E-state index contributed by atoms with van der Waals surface area (Å²) in [5.41, 5.74) is 1.97. The number of aromatic amines is 1. The highest BCUT2D eigenvalue weighted by molar-refractivity contribution is 7.99. The number of thioether (sulfide) groups is 1. The molecule has 0 spiro atoms. The Morgan fingerprint density at radius 1 is 1.33 bits per heavy atom. The minimum atomic E-state index is -0.0563. The molecule has 0 atom stereocenters. The Morgan fingerprint density at radius 2 is 2.05 bits per heavy atom. The second kappa shape index (κ2) is 6.30. The molecule has 2 N–H and O–H groups in total. The van der Waals surface area contributed by atoms with Crippen molar-refractivity contribution in [2.24, 2.45) is 0 Å². The number of carbonyl (C=O) groups is 1. The monoisotopic (exact) mass is 304 g/mol. The Balaban J connectivity index is 2.00. The first-order valence-corrected chi connectivity index (χ1v) is 7.76. The van der Waals surface area contributed by atoms with E-state index in [-0.39, 0.29) is 17.1 Å². The predicted molar refractivity (Wildman–Crippen MR) is 85.6 cm³/mol. The van der Waals surface area contributed by atoms with Gasteiger partial charge in [0.15, 0.2) is 0 Å². The van der Waals surface area contributed by atoms with E-state index >= 15 is 0 Å². The number of hydrogen-bond acceptors (Lipinski definition) is 4. The molecule has 1 heterocycles. The maximum Gasteiger partial charge on any atom is 0.234 e. The quantitative estimate of drug-likeness (QED) is 0.851. The Morgan fingerprint density at radius 3 is 2.67 bits per heavy atom. The first-order chi connectivity index (χ1) is 9.86. The van der Waals surface area contributed by atoms with Crippen LogP contribution in [-0.2, 0) is 10.2 Å². The van der Waals surface area contributed by atoms with Crippen LogP contribution >= 0.6 is 11.8 Å². The van der Waals surface area contributed by atoms with Gasteiger partial charge in [-0.1, -0.05) is 50.7 Å². The molecular weight excluding hydrogens is 284 g/mol. The number of anilines is 1. The van der Waals surface area contributed by atoms with Crippen LogP contribution in [-0.4, -0.2) is 26.8 Å². The highest BCUT2D eigenvalue weighted by Crippen LogP contribution is 2.29. The van der Waals surface area contributed by atoms with Crippen molar-refractivity contribution in [3.63, 3.8) is 0 Å². The van der Waals surface area contributed by atoms with Gasteiger partial charge < -0.3 is 5.32 Å². The standard InChI is InChI=1S/C15H20N4OS/c1-10-16-14(19-18-10)21-9-13(20)17-12-8-6-5-7-11(12)15(2,3)4/h5-8H,9H2,1-4H3,(H,17,20)(H,16,18,19). The number of nitrogens with one attached hydrogen (secondary N) is 2. The first kappa shape index (κ1) is 15.6. The van der Waals surface area contributed by atoms with Crippen molar-refractivity contribution >= 4 is 23.4 Å². The van der Waals surface area contributed by atoms with Gasteiger partial charge in [-0.3, -0.25) is 9.89 Å². The fraction of sp³-hybridized carbons (Fsp3) is 0.400. The van der Waals surface area contributed by atoms with Crippen LogP contribution in [0, 0.1) is 6.92 Å². The van der Waals surface area contributed by atoms with Gasteiger partial charge in [0.05, 0.1) is 5.75 Å². The summed E-state index contributed by atoms with van der Waals surface area (Å²) in [6.45, 7) is 8.21. The van der Waals surface area contributed by atoms with E-state index in [1.807, 2.05) is 31.2 Å². The van der Waals surface area contributed by atoms with Gasteiger partial charge in [0.1, 0.15) is 5.82 Å². The lowest BCUT2D eigenvalue weighted by atomic mass is 9.86. The SMILES string of the molecule is Cc1nc(SCC(=O)Nc2ccccc2C(C)(C)C)n[nH]1. The number of carbonyl (C=O) groups excluding carboxylic acids is 1. The number of aromatic nitrogens is 3. The highest BCUT2D eigenvalue weighted by atomic mass is 32.2. The minimum absolute atomic E-state index is 0.0160. The topological polar surface area (TPSA) is 70.7 Å². The van der Waals surface area contributed by atoms with Crippen LogP contribution in [0.3, 0.4) is 0 Å². The van der Waals surface area contributed by atoms with E-state index in [2.05, 4.69) is 41.3 Å². The molecule has 0 saturated carbocycles. The lowest BCUT2D eigenvalue weighted by Gasteiger charge is -2.22. The normalized spacial score (nSPS) is 11.4. The number of amides is 1. The maximum absolute atomic E-state index is 12.1. The largest absolute Gasteiger partial charge is 0.325 e. The molecule has 0 aliphatic carbocycles. The predicted octanol–water partition coefficient (Wildman–Crippen LogP) is 3.14. The van der Waals surface area contributed by atoms with Gasteiger partial charge in [-0.05, 0) is 24.0 Å². The third-order valence-electron chi connectivity index (χ3n) is 2.92. The summed E-state index contributed by atoms with van der Waals surface area (Å²) in [7, 11) is 0. The van der Waals surface area contributed by atoms with E-state index in [4.69, 9.17) is 0 Å². The van der Waals surface area contributed by atoms with Crippen molar-refractivity contribution in [2.45, 2.75) is 38.3 Å². The van der Waals surface area contributed by atoms with Crippen LogP contribution in [0.25, 0.3) is 0 Å². The van der Waals surface area contributed by atoms with E-state index in [1.165, 1.54) is 11.8 Å². The van der Waals surface area contributed by atoms with Crippen LogP contribution in [0.1, 0.15) is 32.2 Å². The molecule has 1 aromatic heterocycles. The molecule has 0 fully saturated rings. The van der Waals surface area contributed by atoms with Crippen LogP contribution in [0.2, 0.25) is 0 Å². The Bertz CT molecular complexity index is 631. The molecule has 1 aromatic carbocycles. The molecule has 2 rings (SSSR count). The van der Waals surface area contributed by atoms with Crippen molar-refractivity contribution in [3.05, 3.63) is 35.7 Å². The van der Waals surface area contributed by atoms with Gasteiger partial charge in [0.2, 0.25) is 11.1 Å². The number of para-hydroxylation sites is 1. The molecule has 0 radical (unpaired) electrons. The minimum Gasteiger partial charge on any atom is -0.325 e. The van der Waals surface area contributed by atoms with E-state index in [0.29, 0.717) is 5.16 Å². The highest BCUT2D eigenvalue weighted by Gasteiger charge is 2.18. The number of nitrogens with zero attached hydrogens (tertiary/aromatic N) is 2. The molecule has 6 heteroatoms. The molecule has 5 nitrogen and oxygen atoms in total. The third-order valence-corrected chi connectivity index (χ3v) is 3.77. The maximum atomic E-state index is 12.1. The summed E-state index contributed by atoms with van der Waals surface area (Å²) in [6, 6.07) is 7.89. The van der Waals surface area contributed by atoms with Gasteiger partial charge in [-0.25, -0.2) is 4.98 Å². The number of aryl methyl sites for hydroxylation is 1. The molecule has 0 aliphatic rings. The molecule has 1 amide bonds. The molecule has 0 saturated heterocycles. The Hall–Kier alpha value is -1.82. The molecular formula is C15H20N4OS. The number of rotatable bonds is 4. The zero-order valence-electron chi connectivity index (χ0n) is 12.7. The summed E-state index contributed by atoms with van der Waals surface area (Å²) in [5, 5.41) is 10.3.